The quantitative estimate of drug-likeness (QED) is 0.859. The third kappa shape index (κ3) is 3.33. The van der Waals surface area contributed by atoms with Crippen molar-refractivity contribution in [3.63, 3.8) is 0 Å². The highest BCUT2D eigenvalue weighted by Crippen LogP contribution is 2.25. The summed E-state index contributed by atoms with van der Waals surface area (Å²) in [5.41, 5.74) is 3.01. The lowest BCUT2D eigenvalue weighted by molar-refractivity contribution is 0.256. The van der Waals surface area contributed by atoms with Crippen LogP contribution in [0.3, 0.4) is 0 Å². The second-order valence-corrected chi connectivity index (χ2v) is 5.74. The molecule has 2 atom stereocenters. The first-order chi connectivity index (χ1) is 8.70. The van der Waals surface area contributed by atoms with Gasteiger partial charge in [-0.1, -0.05) is 31.2 Å². The van der Waals surface area contributed by atoms with Crippen molar-refractivity contribution in [3.05, 3.63) is 35.4 Å². The average Bonchev–Trinajstić information content (AvgIpc) is 2.67. The highest BCUT2D eigenvalue weighted by Gasteiger charge is 2.26. The predicted octanol–water partition coefficient (Wildman–Crippen LogP) is 2.68. The molecule has 1 saturated heterocycles. The van der Waals surface area contributed by atoms with Gasteiger partial charge in [-0.05, 0) is 50.4 Å². The minimum atomic E-state index is 0.734. The zero-order valence-electron chi connectivity index (χ0n) is 11.9. The van der Waals surface area contributed by atoms with Crippen LogP contribution in [0.25, 0.3) is 0 Å². The van der Waals surface area contributed by atoms with E-state index in [1.54, 1.807) is 0 Å². The molecule has 1 aromatic rings. The molecule has 1 heterocycles. The maximum Gasteiger partial charge on any atom is 0.0239 e. The van der Waals surface area contributed by atoms with E-state index in [0.717, 1.165) is 31.5 Å². The van der Waals surface area contributed by atoms with Crippen LogP contribution >= 0.6 is 0 Å². The Morgan fingerprint density at radius 2 is 1.94 bits per heavy atom. The van der Waals surface area contributed by atoms with Crippen LogP contribution in [0.15, 0.2) is 24.3 Å². The summed E-state index contributed by atoms with van der Waals surface area (Å²) < 4.78 is 0. The zero-order valence-corrected chi connectivity index (χ0v) is 11.9. The van der Waals surface area contributed by atoms with Gasteiger partial charge in [-0.3, -0.25) is 4.90 Å². The number of likely N-dealkylation sites (N-methyl/N-ethyl adjacent to an activating group) is 1. The fourth-order valence-corrected chi connectivity index (χ4v) is 3.04. The Morgan fingerprint density at radius 1 is 1.22 bits per heavy atom. The Hall–Kier alpha value is -0.860. The van der Waals surface area contributed by atoms with E-state index in [0.29, 0.717) is 0 Å². The molecule has 0 amide bonds. The van der Waals surface area contributed by atoms with E-state index in [-0.39, 0.29) is 0 Å². The lowest BCUT2D eigenvalue weighted by Crippen LogP contribution is -2.27. The van der Waals surface area contributed by atoms with Crippen LogP contribution in [0, 0.1) is 5.92 Å². The minimum Gasteiger partial charge on any atom is -0.319 e. The molecule has 1 N–H and O–H groups in total. The predicted molar refractivity (Wildman–Crippen MR) is 77.7 cm³/mol. The normalized spacial score (nSPS) is 24.6. The fraction of sp³-hybridized carbons (Fsp3) is 0.625. The van der Waals surface area contributed by atoms with E-state index in [1.807, 2.05) is 7.05 Å². The minimum absolute atomic E-state index is 0.734. The molecule has 0 bridgehead atoms. The molecule has 100 valence electrons. The summed E-state index contributed by atoms with van der Waals surface area (Å²) in [5.74, 6) is 0.851. The van der Waals surface area contributed by atoms with Crippen molar-refractivity contribution in [2.75, 3.05) is 20.1 Å². The average molecular weight is 246 g/mol. The molecule has 2 heteroatoms. The first-order valence-corrected chi connectivity index (χ1v) is 7.16. The maximum absolute atomic E-state index is 3.24. The highest BCUT2D eigenvalue weighted by molar-refractivity contribution is 5.27. The number of rotatable bonds is 5. The monoisotopic (exact) mass is 246 g/mol. The first kappa shape index (κ1) is 13.6. The molecule has 0 aliphatic carbocycles. The van der Waals surface area contributed by atoms with E-state index >= 15 is 0 Å². The van der Waals surface area contributed by atoms with Gasteiger partial charge in [-0.2, -0.15) is 0 Å². The number of hydrogen-bond donors (Lipinski definition) is 1. The standard InChI is InChI=1S/C16H26N2/c1-13-10-14(2)18(11-13)12-16-7-5-4-6-15(16)8-9-17-3/h4-7,13-14,17H,8-12H2,1-3H3. The van der Waals surface area contributed by atoms with Crippen LogP contribution in [-0.2, 0) is 13.0 Å². The molecule has 0 saturated carbocycles. The Morgan fingerprint density at radius 3 is 2.56 bits per heavy atom. The van der Waals surface area contributed by atoms with Crippen molar-refractivity contribution in [1.82, 2.24) is 10.2 Å². The van der Waals surface area contributed by atoms with E-state index in [2.05, 4.69) is 48.3 Å². The van der Waals surface area contributed by atoms with Crippen LogP contribution in [0.2, 0.25) is 0 Å². The first-order valence-electron chi connectivity index (χ1n) is 7.16. The molecule has 2 unspecified atom stereocenters. The van der Waals surface area contributed by atoms with Crippen molar-refractivity contribution in [3.8, 4) is 0 Å². The number of likely N-dealkylation sites (tertiary alicyclic amines) is 1. The summed E-state index contributed by atoms with van der Waals surface area (Å²) in [4.78, 5) is 2.63. The highest BCUT2D eigenvalue weighted by atomic mass is 15.2. The topological polar surface area (TPSA) is 15.3 Å². The molecule has 18 heavy (non-hydrogen) atoms. The molecule has 0 radical (unpaired) electrons. The molecule has 1 aliphatic heterocycles. The van der Waals surface area contributed by atoms with Gasteiger partial charge in [-0.15, -0.1) is 0 Å². The lowest BCUT2D eigenvalue weighted by atomic mass is 10.0. The van der Waals surface area contributed by atoms with Crippen molar-refractivity contribution in [1.29, 1.82) is 0 Å². The molecule has 1 fully saturated rings. The largest absolute Gasteiger partial charge is 0.319 e. The van der Waals surface area contributed by atoms with Crippen LogP contribution in [0.4, 0.5) is 0 Å². The van der Waals surface area contributed by atoms with Gasteiger partial charge in [-0.25, -0.2) is 0 Å². The molecule has 2 nitrogen and oxygen atoms in total. The van der Waals surface area contributed by atoms with Crippen molar-refractivity contribution in [2.24, 2.45) is 5.92 Å². The number of nitrogens with zero attached hydrogens (tertiary/aromatic N) is 1. The number of nitrogens with one attached hydrogen (secondary N) is 1. The van der Waals surface area contributed by atoms with Gasteiger partial charge in [0.15, 0.2) is 0 Å². The van der Waals surface area contributed by atoms with E-state index in [1.165, 1.54) is 24.1 Å². The van der Waals surface area contributed by atoms with E-state index in [4.69, 9.17) is 0 Å². The summed E-state index contributed by atoms with van der Waals surface area (Å²) in [7, 11) is 2.02. The summed E-state index contributed by atoms with van der Waals surface area (Å²) in [6.45, 7) is 8.15. The van der Waals surface area contributed by atoms with E-state index in [9.17, 15) is 0 Å². The van der Waals surface area contributed by atoms with Gasteiger partial charge >= 0.3 is 0 Å². The Labute approximate surface area is 111 Å². The molecular weight excluding hydrogens is 220 g/mol. The van der Waals surface area contributed by atoms with E-state index < -0.39 is 0 Å². The van der Waals surface area contributed by atoms with Crippen LogP contribution in [-0.4, -0.2) is 31.1 Å². The summed E-state index contributed by atoms with van der Waals surface area (Å²) in [6, 6.07) is 9.63. The van der Waals surface area contributed by atoms with Gasteiger partial charge in [0.05, 0.1) is 0 Å². The fourth-order valence-electron chi connectivity index (χ4n) is 3.04. The second kappa shape index (κ2) is 6.35. The van der Waals surface area contributed by atoms with Gasteiger partial charge in [0.25, 0.3) is 0 Å². The van der Waals surface area contributed by atoms with Gasteiger partial charge in [0.2, 0.25) is 0 Å². The molecule has 0 aromatic heterocycles. The summed E-state index contributed by atoms with van der Waals surface area (Å²) in [5, 5.41) is 3.24. The van der Waals surface area contributed by atoms with Gasteiger partial charge in [0.1, 0.15) is 0 Å². The lowest BCUT2D eigenvalue weighted by Gasteiger charge is -2.22. The Bertz CT molecular complexity index is 375. The van der Waals surface area contributed by atoms with Crippen molar-refractivity contribution in [2.45, 2.75) is 39.3 Å². The third-order valence-electron chi connectivity index (χ3n) is 4.05. The van der Waals surface area contributed by atoms with Crippen LogP contribution in [0.1, 0.15) is 31.4 Å². The molecule has 1 aliphatic rings. The summed E-state index contributed by atoms with van der Waals surface area (Å²) in [6.07, 6.45) is 2.48. The second-order valence-electron chi connectivity index (χ2n) is 5.74. The van der Waals surface area contributed by atoms with Crippen LogP contribution < -0.4 is 5.32 Å². The Kier molecular flexibility index (Phi) is 4.79. The number of benzene rings is 1. The molecule has 2 rings (SSSR count). The smallest absolute Gasteiger partial charge is 0.0239 e. The van der Waals surface area contributed by atoms with Crippen molar-refractivity contribution < 1.29 is 0 Å². The maximum atomic E-state index is 3.24. The SMILES string of the molecule is CNCCc1ccccc1CN1CC(C)CC1C. The summed E-state index contributed by atoms with van der Waals surface area (Å²) >= 11 is 0. The zero-order chi connectivity index (χ0) is 13.0. The molecule has 0 spiro atoms. The Balaban J connectivity index is 2.04. The number of hydrogen-bond acceptors (Lipinski definition) is 2. The molecular formula is C16H26N2. The van der Waals surface area contributed by atoms with Crippen LogP contribution in [0.5, 0.6) is 0 Å². The van der Waals surface area contributed by atoms with Crippen molar-refractivity contribution >= 4 is 0 Å². The van der Waals surface area contributed by atoms with Gasteiger partial charge in [0, 0.05) is 19.1 Å². The molecule has 1 aromatic carbocycles. The third-order valence-corrected chi connectivity index (χ3v) is 4.05. The van der Waals surface area contributed by atoms with Gasteiger partial charge < -0.3 is 5.32 Å².